The monoisotopic (exact) mass is 281 g/mol. The molecule has 0 aliphatic carbocycles. The van der Waals surface area contributed by atoms with Crippen molar-refractivity contribution in [3.8, 4) is 0 Å². The first-order chi connectivity index (χ1) is 8.97. The van der Waals surface area contributed by atoms with E-state index in [1.165, 1.54) is 6.07 Å². The second kappa shape index (κ2) is 5.48. The Morgan fingerprint density at radius 3 is 2.47 bits per heavy atom. The van der Waals surface area contributed by atoms with E-state index in [0.29, 0.717) is 16.1 Å². The molecule has 0 fully saturated rings. The number of anilines is 1. The lowest BCUT2D eigenvalue weighted by molar-refractivity contribution is 0.507. The highest BCUT2D eigenvalue weighted by atomic mass is 32.2. The number of rotatable bonds is 3. The topological polar surface area (TPSA) is 43.1 Å². The fraction of sp³-hybridized carbons (Fsp3) is 0.143. The lowest BCUT2D eigenvalue weighted by atomic mass is 10.2. The van der Waals surface area contributed by atoms with Crippen LogP contribution in [0.3, 0.4) is 0 Å². The van der Waals surface area contributed by atoms with Gasteiger partial charge in [-0.1, -0.05) is 6.07 Å². The Kier molecular flexibility index (Phi) is 3.95. The summed E-state index contributed by atoms with van der Waals surface area (Å²) in [4.78, 5) is 0.622. The van der Waals surface area contributed by atoms with Crippen LogP contribution in [0.25, 0.3) is 0 Å². The molecule has 2 N–H and O–H groups in total. The van der Waals surface area contributed by atoms with Crippen molar-refractivity contribution in [1.29, 1.82) is 0 Å². The fourth-order valence-electron chi connectivity index (χ4n) is 1.65. The molecule has 0 saturated heterocycles. The predicted molar refractivity (Wildman–Crippen MR) is 72.1 cm³/mol. The molecule has 0 saturated carbocycles. The molecule has 2 nitrogen and oxygen atoms in total. The van der Waals surface area contributed by atoms with E-state index >= 15 is 0 Å². The molecule has 19 heavy (non-hydrogen) atoms. The summed E-state index contributed by atoms with van der Waals surface area (Å²) in [5, 5.41) is 0. The Bertz CT molecular complexity index is 643. The summed E-state index contributed by atoms with van der Waals surface area (Å²) in [6.07, 6.45) is 0. The zero-order chi connectivity index (χ0) is 14.0. The van der Waals surface area contributed by atoms with Crippen LogP contribution >= 0.6 is 0 Å². The van der Waals surface area contributed by atoms with Crippen LogP contribution in [0.1, 0.15) is 11.1 Å². The minimum Gasteiger partial charge on any atom is -0.399 e. The van der Waals surface area contributed by atoms with E-state index in [1.807, 2.05) is 6.92 Å². The Balaban J connectivity index is 2.20. The number of nitrogen functional groups attached to an aromatic ring is 1. The highest BCUT2D eigenvalue weighted by Crippen LogP contribution is 2.19. The maximum absolute atomic E-state index is 13.1. The largest absolute Gasteiger partial charge is 0.399 e. The number of hydrogen-bond donors (Lipinski definition) is 1. The van der Waals surface area contributed by atoms with E-state index < -0.39 is 22.4 Å². The van der Waals surface area contributed by atoms with Crippen molar-refractivity contribution in [3.63, 3.8) is 0 Å². The van der Waals surface area contributed by atoms with Gasteiger partial charge in [-0.2, -0.15) is 0 Å². The van der Waals surface area contributed by atoms with E-state index in [9.17, 15) is 13.0 Å². The highest BCUT2D eigenvalue weighted by molar-refractivity contribution is 7.84. The van der Waals surface area contributed by atoms with Crippen LogP contribution in [0.5, 0.6) is 0 Å². The summed E-state index contributed by atoms with van der Waals surface area (Å²) in [5.74, 6) is -1.69. The van der Waals surface area contributed by atoms with Crippen molar-refractivity contribution in [2.24, 2.45) is 0 Å². The number of benzene rings is 2. The van der Waals surface area contributed by atoms with Crippen LogP contribution in [0, 0.1) is 18.6 Å². The average Bonchev–Trinajstić information content (AvgIpc) is 2.37. The van der Waals surface area contributed by atoms with Crippen LogP contribution in [0.2, 0.25) is 0 Å². The molecule has 5 heteroatoms. The Morgan fingerprint density at radius 1 is 1.11 bits per heavy atom. The molecular formula is C14H13F2NOS. The van der Waals surface area contributed by atoms with Crippen LogP contribution in [0.4, 0.5) is 14.5 Å². The summed E-state index contributed by atoms with van der Waals surface area (Å²) in [5.41, 5.74) is 7.66. The molecule has 0 aromatic heterocycles. The minimum absolute atomic E-state index is 0.139. The molecule has 1 atom stereocenters. The standard InChI is InChI=1S/C14H13F2NOS/c1-9-6-11(3-5-14(9)17)19(18)8-10-2-4-12(15)13(16)7-10/h2-7H,8,17H2,1H3. The maximum Gasteiger partial charge on any atom is 0.159 e. The first-order valence-electron chi connectivity index (χ1n) is 5.66. The smallest absolute Gasteiger partial charge is 0.159 e. The summed E-state index contributed by atoms with van der Waals surface area (Å²) >= 11 is 0. The molecule has 0 radical (unpaired) electrons. The second-order valence-electron chi connectivity index (χ2n) is 4.26. The van der Waals surface area contributed by atoms with E-state index in [-0.39, 0.29) is 5.75 Å². The number of nitrogens with two attached hydrogens (primary N) is 1. The van der Waals surface area contributed by atoms with Crippen LogP contribution in [0.15, 0.2) is 41.3 Å². The molecule has 0 heterocycles. The molecule has 0 bridgehead atoms. The van der Waals surface area contributed by atoms with Gasteiger partial charge in [-0.25, -0.2) is 8.78 Å². The van der Waals surface area contributed by atoms with E-state index in [1.54, 1.807) is 18.2 Å². The van der Waals surface area contributed by atoms with Crippen LogP contribution < -0.4 is 5.73 Å². The molecule has 2 rings (SSSR count). The summed E-state index contributed by atoms with van der Waals surface area (Å²) in [6.45, 7) is 1.83. The molecule has 0 aliphatic heterocycles. The molecule has 0 spiro atoms. The number of halogens is 2. The Labute approximate surface area is 112 Å². The first kappa shape index (κ1) is 13.7. The molecular weight excluding hydrogens is 268 g/mol. The lowest BCUT2D eigenvalue weighted by Gasteiger charge is -2.06. The van der Waals surface area contributed by atoms with E-state index in [0.717, 1.165) is 17.7 Å². The van der Waals surface area contributed by atoms with Gasteiger partial charge in [-0.05, 0) is 48.4 Å². The van der Waals surface area contributed by atoms with Gasteiger partial charge in [0.15, 0.2) is 11.6 Å². The molecule has 100 valence electrons. The highest BCUT2D eigenvalue weighted by Gasteiger charge is 2.09. The molecule has 2 aromatic carbocycles. The van der Waals surface area contributed by atoms with E-state index in [2.05, 4.69) is 0 Å². The van der Waals surface area contributed by atoms with Crippen LogP contribution in [-0.4, -0.2) is 4.21 Å². The van der Waals surface area contributed by atoms with Gasteiger partial charge in [0.05, 0.1) is 16.6 Å². The van der Waals surface area contributed by atoms with Crippen molar-refractivity contribution >= 4 is 16.5 Å². The summed E-state index contributed by atoms with van der Waals surface area (Å²) < 4.78 is 38.0. The van der Waals surface area contributed by atoms with Gasteiger partial charge in [0.2, 0.25) is 0 Å². The Hall–Kier alpha value is -1.75. The van der Waals surface area contributed by atoms with Crippen molar-refractivity contribution in [2.45, 2.75) is 17.6 Å². The van der Waals surface area contributed by atoms with Crippen molar-refractivity contribution in [2.75, 3.05) is 5.73 Å². The number of hydrogen-bond acceptors (Lipinski definition) is 2. The summed E-state index contributed by atoms with van der Waals surface area (Å²) in [7, 11) is -1.31. The zero-order valence-electron chi connectivity index (χ0n) is 10.3. The third-order valence-electron chi connectivity index (χ3n) is 2.79. The zero-order valence-corrected chi connectivity index (χ0v) is 11.1. The van der Waals surface area contributed by atoms with E-state index in [4.69, 9.17) is 5.73 Å². The number of aryl methyl sites for hydroxylation is 1. The maximum atomic E-state index is 13.1. The quantitative estimate of drug-likeness (QED) is 0.878. The van der Waals surface area contributed by atoms with Crippen molar-refractivity contribution in [3.05, 3.63) is 59.2 Å². The van der Waals surface area contributed by atoms with Crippen molar-refractivity contribution < 1.29 is 13.0 Å². The normalized spacial score (nSPS) is 12.4. The van der Waals surface area contributed by atoms with Gasteiger partial charge in [0.25, 0.3) is 0 Å². The summed E-state index contributed by atoms with van der Waals surface area (Å²) in [6, 6.07) is 8.64. The molecule has 1 unspecified atom stereocenters. The third-order valence-corrected chi connectivity index (χ3v) is 4.16. The molecule has 0 amide bonds. The van der Waals surface area contributed by atoms with Gasteiger partial charge in [-0.3, -0.25) is 4.21 Å². The second-order valence-corrected chi connectivity index (χ2v) is 5.71. The Morgan fingerprint density at radius 2 is 1.84 bits per heavy atom. The van der Waals surface area contributed by atoms with Gasteiger partial charge in [0, 0.05) is 10.6 Å². The SMILES string of the molecule is Cc1cc(S(=O)Cc2ccc(F)c(F)c2)ccc1N. The minimum atomic E-state index is -1.31. The van der Waals surface area contributed by atoms with Gasteiger partial charge < -0.3 is 5.73 Å². The molecule has 0 aliphatic rings. The first-order valence-corrected chi connectivity index (χ1v) is 6.97. The lowest BCUT2D eigenvalue weighted by Crippen LogP contribution is -1.99. The third kappa shape index (κ3) is 3.17. The van der Waals surface area contributed by atoms with Gasteiger partial charge in [0.1, 0.15) is 0 Å². The predicted octanol–water partition coefficient (Wildman–Crippen LogP) is 3.16. The molecule has 2 aromatic rings. The van der Waals surface area contributed by atoms with Crippen LogP contribution in [-0.2, 0) is 16.6 Å². The van der Waals surface area contributed by atoms with Crippen molar-refractivity contribution in [1.82, 2.24) is 0 Å². The average molecular weight is 281 g/mol. The van der Waals surface area contributed by atoms with Gasteiger partial charge >= 0.3 is 0 Å². The fourth-order valence-corrected chi connectivity index (χ4v) is 2.83. The van der Waals surface area contributed by atoms with Gasteiger partial charge in [-0.15, -0.1) is 0 Å².